The molecule has 0 heterocycles. The summed E-state index contributed by atoms with van der Waals surface area (Å²) in [7, 11) is 0. The Kier molecular flexibility index (Phi) is 7.86. The van der Waals surface area contributed by atoms with Crippen LogP contribution in [0.2, 0.25) is 0 Å². The molecule has 1 aromatic carbocycles. The van der Waals surface area contributed by atoms with Crippen LogP contribution in [0.15, 0.2) is 22.7 Å². The number of benzene rings is 1. The molecule has 0 saturated heterocycles. The van der Waals surface area contributed by atoms with Gasteiger partial charge in [-0.1, -0.05) is 49.0 Å². The molecule has 3 heteroatoms. The fourth-order valence-electron chi connectivity index (χ4n) is 2.30. The molecule has 1 rings (SSSR count). The largest absolute Gasteiger partial charge is 0.494 e. The lowest BCUT2D eigenvalue weighted by atomic mass is 9.91. The number of alkyl halides is 1. The first-order chi connectivity index (χ1) is 9.13. The van der Waals surface area contributed by atoms with Gasteiger partial charge in [0, 0.05) is 10.0 Å². The third kappa shape index (κ3) is 5.00. The minimum atomic E-state index is 0.0237. The van der Waals surface area contributed by atoms with Gasteiger partial charge in [0.05, 0.1) is 12.0 Å². The molecule has 0 radical (unpaired) electrons. The molecule has 1 aromatic rings. The number of hydrogen-bond donors (Lipinski definition) is 0. The van der Waals surface area contributed by atoms with E-state index in [0.29, 0.717) is 12.5 Å². The first-order valence-corrected chi connectivity index (χ1v) is 8.43. The first-order valence-electron chi connectivity index (χ1n) is 7.20. The molecular weight excluding hydrogens is 324 g/mol. The molecule has 0 aliphatic carbocycles. The van der Waals surface area contributed by atoms with Gasteiger partial charge in [0.2, 0.25) is 0 Å². The minimum Gasteiger partial charge on any atom is -0.494 e. The summed E-state index contributed by atoms with van der Waals surface area (Å²) in [5.74, 6) is 1.43. The van der Waals surface area contributed by atoms with Crippen LogP contribution in [-0.4, -0.2) is 6.61 Å². The van der Waals surface area contributed by atoms with Crippen molar-refractivity contribution in [3.05, 3.63) is 28.2 Å². The highest BCUT2D eigenvalue weighted by Crippen LogP contribution is 2.40. The lowest BCUT2D eigenvalue weighted by Gasteiger charge is -2.23. The normalized spacial score (nSPS) is 14.2. The molecule has 1 nitrogen and oxygen atoms in total. The van der Waals surface area contributed by atoms with E-state index in [1.54, 1.807) is 0 Å². The third-order valence-electron chi connectivity index (χ3n) is 3.44. The summed E-state index contributed by atoms with van der Waals surface area (Å²) >= 11 is 10.2. The molecular formula is C16H24BrClO. The quantitative estimate of drug-likeness (QED) is 0.498. The molecule has 108 valence electrons. The predicted octanol–water partition coefficient (Wildman–Crippen LogP) is 6.34. The van der Waals surface area contributed by atoms with Crippen molar-refractivity contribution in [2.75, 3.05) is 6.61 Å². The smallest absolute Gasteiger partial charge is 0.124 e. The van der Waals surface area contributed by atoms with Crippen LogP contribution >= 0.6 is 27.5 Å². The van der Waals surface area contributed by atoms with E-state index in [0.717, 1.165) is 22.2 Å². The van der Waals surface area contributed by atoms with Crippen molar-refractivity contribution in [3.8, 4) is 5.75 Å². The number of ether oxygens (including phenoxy) is 1. The van der Waals surface area contributed by atoms with Crippen LogP contribution in [0.3, 0.4) is 0 Å². The fraction of sp³-hybridized carbons (Fsp3) is 0.625. The molecule has 0 aliphatic rings. The Balaban J connectivity index is 2.94. The second-order valence-electron chi connectivity index (χ2n) is 4.83. The summed E-state index contributed by atoms with van der Waals surface area (Å²) in [5, 5.41) is 0.0237. The molecule has 0 amide bonds. The Hall–Kier alpha value is -0.210. The lowest BCUT2D eigenvalue weighted by Crippen LogP contribution is -2.09. The van der Waals surface area contributed by atoms with Crippen molar-refractivity contribution in [3.63, 3.8) is 0 Å². The summed E-state index contributed by atoms with van der Waals surface area (Å²) in [4.78, 5) is 0. The molecule has 0 spiro atoms. The van der Waals surface area contributed by atoms with Gasteiger partial charge in [-0.3, -0.25) is 0 Å². The van der Waals surface area contributed by atoms with Crippen molar-refractivity contribution < 1.29 is 4.74 Å². The summed E-state index contributed by atoms with van der Waals surface area (Å²) < 4.78 is 6.76. The van der Waals surface area contributed by atoms with Crippen molar-refractivity contribution in [1.29, 1.82) is 0 Å². The van der Waals surface area contributed by atoms with E-state index in [9.17, 15) is 0 Å². The van der Waals surface area contributed by atoms with Crippen LogP contribution in [-0.2, 0) is 0 Å². The monoisotopic (exact) mass is 346 g/mol. The summed E-state index contributed by atoms with van der Waals surface area (Å²) in [5.41, 5.74) is 1.11. The van der Waals surface area contributed by atoms with Crippen LogP contribution in [0.4, 0.5) is 0 Å². The zero-order valence-electron chi connectivity index (χ0n) is 12.1. The van der Waals surface area contributed by atoms with E-state index < -0.39 is 0 Å². The molecule has 0 N–H and O–H groups in total. The number of unbranched alkanes of at least 4 members (excludes halogenated alkanes) is 1. The maximum atomic E-state index is 6.72. The standard InChI is InChI=1S/C16H24BrClO/c1-4-7-8-12(5-2)16(18)14-11-13(17)9-10-15(14)19-6-3/h9-12,16H,4-8H2,1-3H3. The van der Waals surface area contributed by atoms with Crippen molar-refractivity contribution >= 4 is 27.5 Å². The maximum absolute atomic E-state index is 6.72. The van der Waals surface area contributed by atoms with Crippen LogP contribution in [0.5, 0.6) is 5.75 Å². The molecule has 2 unspecified atom stereocenters. The number of halogens is 2. The highest BCUT2D eigenvalue weighted by atomic mass is 79.9. The van der Waals surface area contributed by atoms with E-state index >= 15 is 0 Å². The van der Waals surface area contributed by atoms with Gasteiger partial charge in [-0.15, -0.1) is 11.6 Å². The van der Waals surface area contributed by atoms with Gasteiger partial charge in [0.25, 0.3) is 0 Å². The van der Waals surface area contributed by atoms with Gasteiger partial charge in [-0.2, -0.15) is 0 Å². The van der Waals surface area contributed by atoms with Gasteiger partial charge < -0.3 is 4.74 Å². The van der Waals surface area contributed by atoms with Crippen LogP contribution in [0.1, 0.15) is 57.4 Å². The highest BCUT2D eigenvalue weighted by molar-refractivity contribution is 9.10. The SMILES string of the molecule is CCCCC(CC)C(Cl)c1cc(Br)ccc1OCC. The Labute approximate surface area is 130 Å². The second-order valence-corrected chi connectivity index (χ2v) is 6.21. The van der Waals surface area contributed by atoms with Gasteiger partial charge in [-0.05, 0) is 37.5 Å². The van der Waals surface area contributed by atoms with E-state index in [4.69, 9.17) is 16.3 Å². The molecule has 0 saturated carbocycles. The Bertz CT molecular complexity index is 381. The zero-order chi connectivity index (χ0) is 14.3. The van der Waals surface area contributed by atoms with E-state index in [1.807, 2.05) is 19.1 Å². The van der Waals surface area contributed by atoms with Crippen molar-refractivity contribution in [1.82, 2.24) is 0 Å². The summed E-state index contributed by atoms with van der Waals surface area (Å²) in [6, 6.07) is 6.10. The Morgan fingerprint density at radius 2 is 2.00 bits per heavy atom. The summed E-state index contributed by atoms with van der Waals surface area (Å²) in [6.07, 6.45) is 4.74. The minimum absolute atomic E-state index is 0.0237. The highest BCUT2D eigenvalue weighted by Gasteiger charge is 2.22. The van der Waals surface area contributed by atoms with Crippen LogP contribution < -0.4 is 4.74 Å². The predicted molar refractivity (Wildman–Crippen MR) is 87.2 cm³/mol. The van der Waals surface area contributed by atoms with Crippen molar-refractivity contribution in [2.24, 2.45) is 5.92 Å². The third-order valence-corrected chi connectivity index (χ3v) is 4.52. The number of rotatable bonds is 8. The van der Waals surface area contributed by atoms with E-state index in [2.05, 4.69) is 35.8 Å². The molecule has 19 heavy (non-hydrogen) atoms. The Morgan fingerprint density at radius 3 is 2.58 bits per heavy atom. The zero-order valence-corrected chi connectivity index (χ0v) is 14.4. The molecule has 2 atom stereocenters. The van der Waals surface area contributed by atoms with E-state index in [-0.39, 0.29) is 5.38 Å². The van der Waals surface area contributed by atoms with Crippen LogP contribution in [0, 0.1) is 5.92 Å². The van der Waals surface area contributed by atoms with Crippen LogP contribution in [0.25, 0.3) is 0 Å². The molecule has 0 bridgehead atoms. The van der Waals surface area contributed by atoms with Gasteiger partial charge in [-0.25, -0.2) is 0 Å². The van der Waals surface area contributed by atoms with Gasteiger partial charge in [0.15, 0.2) is 0 Å². The van der Waals surface area contributed by atoms with Gasteiger partial charge in [0.1, 0.15) is 5.75 Å². The Morgan fingerprint density at radius 1 is 1.26 bits per heavy atom. The maximum Gasteiger partial charge on any atom is 0.124 e. The summed E-state index contributed by atoms with van der Waals surface area (Å²) in [6.45, 7) is 7.11. The topological polar surface area (TPSA) is 9.23 Å². The second kappa shape index (κ2) is 8.86. The van der Waals surface area contributed by atoms with Gasteiger partial charge >= 0.3 is 0 Å². The molecule has 0 aliphatic heterocycles. The fourth-order valence-corrected chi connectivity index (χ4v) is 3.15. The molecule has 0 aromatic heterocycles. The van der Waals surface area contributed by atoms with Crippen molar-refractivity contribution in [2.45, 2.75) is 51.8 Å². The average Bonchev–Trinajstić information content (AvgIpc) is 2.41. The van der Waals surface area contributed by atoms with E-state index in [1.165, 1.54) is 19.3 Å². The average molecular weight is 348 g/mol. The first kappa shape index (κ1) is 16.8. The molecule has 0 fully saturated rings. The lowest BCUT2D eigenvalue weighted by molar-refractivity contribution is 0.331. The number of hydrogen-bond acceptors (Lipinski definition) is 1.